The van der Waals surface area contributed by atoms with E-state index in [2.05, 4.69) is 10.6 Å². The zero-order valence-electron chi connectivity index (χ0n) is 16.5. The summed E-state index contributed by atoms with van der Waals surface area (Å²) in [7, 11) is -3.49. The molecule has 9 nitrogen and oxygen atoms in total. The lowest BCUT2D eigenvalue weighted by molar-refractivity contribution is 0.102. The second-order valence-electron chi connectivity index (χ2n) is 7.03. The standard InChI is InChI=1S/C20H25N5O4S/c21-30(28,29)14-13-24-9-11-25(12-10-24)20(27)23-18-8-4-7-17(15-18)22-19(26)16-5-2-1-3-6-16/h1-8,15H,9-14H2,(H,22,26)(H,23,27)(H2,21,28,29). The number of hydrogen-bond donors (Lipinski definition) is 3. The van der Waals surface area contributed by atoms with Crippen LogP contribution in [0.15, 0.2) is 54.6 Å². The predicted octanol–water partition coefficient (Wildman–Crippen LogP) is 1.38. The molecule has 2 aromatic carbocycles. The Labute approximate surface area is 175 Å². The topological polar surface area (TPSA) is 125 Å². The molecule has 1 saturated heterocycles. The van der Waals surface area contributed by atoms with Crippen molar-refractivity contribution in [2.45, 2.75) is 0 Å². The fourth-order valence-electron chi connectivity index (χ4n) is 3.10. The fraction of sp³-hybridized carbons (Fsp3) is 0.300. The molecular weight excluding hydrogens is 406 g/mol. The van der Waals surface area contributed by atoms with Gasteiger partial charge in [-0.15, -0.1) is 0 Å². The average Bonchev–Trinajstić information content (AvgIpc) is 2.73. The quantitative estimate of drug-likeness (QED) is 0.637. The molecule has 1 fully saturated rings. The van der Waals surface area contributed by atoms with Gasteiger partial charge in [0, 0.05) is 49.7 Å². The van der Waals surface area contributed by atoms with Gasteiger partial charge in [-0.25, -0.2) is 18.4 Å². The van der Waals surface area contributed by atoms with Crippen molar-refractivity contribution in [2.24, 2.45) is 5.14 Å². The molecule has 0 radical (unpaired) electrons. The summed E-state index contributed by atoms with van der Waals surface area (Å²) >= 11 is 0. The number of urea groups is 1. The number of sulfonamides is 1. The molecule has 0 unspecified atom stereocenters. The van der Waals surface area contributed by atoms with E-state index in [1.807, 2.05) is 11.0 Å². The number of primary sulfonamides is 1. The number of piperazine rings is 1. The first kappa shape index (κ1) is 21.8. The van der Waals surface area contributed by atoms with Crippen LogP contribution in [0.25, 0.3) is 0 Å². The molecule has 0 spiro atoms. The molecule has 160 valence electrons. The number of carbonyl (C=O) groups excluding carboxylic acids is 2. The molecule has 0 aliphatic carbocycles. The largest absolute Gasteiger partial charge is 0.322 e. The van der Waals surface area contributed by atoms with Crippen LogP contribution < -0.4 is 15.8 Å². The van der Waals surface area contributed by atoms with Gasteiger partial charge in [0.15, 0.2) is 0 Å². The highest BCUT2D eigenvalue weighted by molar-refractivity contribution is 7.89. The summed E-state index contributed by atoms with van der Waals surface area (Å²) in [5.41, 5.74) is 1.70. The Morgan fingerprint density at radius 1 is 0.900 bits per heavy atom. The van der Waals surface area contributed by atoms with Crippen molar-refractivity contribution >= 4 is 33.3 Å². The Balaban J connectivity index is 1.51. The SMILES string of the molecule is NS(=O)(=O)CCN1CCN(C(=O)Nc2cccc(NC(=O)c3ccccc3)c2)CC1. The van der Waals surface area contributed by atoms with E-state index in [0.717, 1.165) is 0 Å². The van der Waals surface area contributed by atoms with Gasteiger partial charge in [0.2, 0.25) is 10.0 Å². The first-order valence-corrected chi connectivity index (χ1v) is 11.3. The number of nitrogens with zero attached hydrogens (tertiary/aromatic N) is 2. The Morgan fingerprint density at radius 3 is 2.17 bits per heavy atom. The number of carbonyl (C=O) groups is 2. The van der Waals surface area contributed by atoms with E-state index in [-0.39, 0.29) is 17.7 Å². The summed E-state index contributed by atoms with van der Waals surface area (Å²) in [4.78, 5) is 28.5. The molecule has 30 heavy (non-hydrogen) atoms. The van der Waals surface area contributed by atoms with Crippen molar-refractivity contribution in [2.75, 3.05) is 49.1 Å². The molecule has 3 amide bonds. The van der Waals surface area contributed by atoms with Crippen molar-refractivity contribution < 1.29 is 18.0 Å². The van der Waals surface area contributed by atoms with E-state index in [1.165, 1.54) is 0 Å². The lowest BCUT2D eigenvalue weighted by Gasteiger charge is -2.34. The zero-order chi connectivity index (χ0) is 21.6. The highest BCUT2D eigenvalue weighted by Crippen LogP contribution is 2.17. The van der Waals surface area contributed by atoms with E-state index >= 15 is 0 Å². The van der Waals surface area contributed by atoms with Gasteiger partial charge in [-0.05, 0) is 30.3 Å². The summed E-state index contributed by atoms with van der Waals surface area (Å²) in [6.45, 7) is 2.49. The molecule has 10 heteroatoms. The molecular formula is C20H25N5O4S. The van der Waals surface area contributed by atoms with Gasteiger partial charge in [-0.1, -0.05) is 24.3 Å². The Bertz CT molecular complexity index is 989. The van der Waals surface area contributed by atoms with Crippen LogP contribution >= 0.6 is 0 Å². The van der Waals surface area contributed by atoms with Crippen LogP contribution in [-0.4, -0.2) is 68.6 Å². The van der Waals surface area contributed by atoms with E-state index in [1.54, 1.807) is 53.4 Å². The molecule has 1 heterocycles. The van der Waals surface area contributed by atoms with E-state index < -0.39 is 10.0 Å². The molecule has 0 atom stereocenters. The predicted molar refractivity (Wildman–Crippen MR) is 116 cm³/mol. The van der Waals surface area contributed by atoms with Gasteiger partial charge in [0.25, 0.3) is 5.91 Å². The third-order valence-electron chi connectivity index (χ3n) is 4.76. The van der Waals surface area contributed by atoms with Gasteiger partial charge in [-0.3, -0.25) is 9.69 Å². The van der Waals surface area contributed by atoms with Crippen LogP contribution in [0, 0.1) is 0 Å². The second kappa shape index (κ2) is 9.70. The van der Waals surface area contributed by atoms with Crippen LogP contribution in [-0.2, 0) is 10.0 Å². The summed E-state index contributed by atoms with van der Waals surface area (Å²) in [6, 6.07) is 15.6. The summed E-state index contributed by atoms with van der Waals surface area (Å²) in [5.74, 6) is -0.324. The number of benzene rings is 2. The lowest BCUT2D eigenvalue weighted by atomic mass is 10.2. The lowest BCUT2D eigenvalue weighted by Crippen LogP contribution is -2.51. The molecule has 1 aliphatic rings. The maximum Gasteiger partial charge on any atom is 0.321 e. The highest BCUT2D eigenvalue weighted by Gasteiger charge is 2.22. The third kappa shape index (κ3) is 6.55. The van der Waals surface area contributed by atoms with Gasteiger partial charge >= 0.3 is 6.03 Å². The number of nitrogens with two attached hydrogens (primary N) is 1. The molecule has 0 saturated carbocycles. The van der Waals surface area contributed by atoms with Gasteiger partial charge in [0.1, 0.15) is 0 Å². The molecule has 3 rings (SSSR count). The third-order valence-corrected chi connectivity index (χ3v) is 5.51. The summed E-state index contributed by atoms with van der Waals surface area (Å²) in [5, 5.41) is 10.7. The number of rotatable bonds is 6. The normalized spacial score (nSPS) is 14.9. The second-order valence-corrected chi connectivity index (χ2v) is 8.76. The van der Waals surface area contributed by atoms with Crippen LogP contribution in [0.3, 0.4) is 0 Å². The van der Waals surface area contributed by atoms with Gasteiger partial charge < -0.3 is 15.5 Å². The Morgan fingerprint density at radius 2 is 1.53 bits per heavy atom. The molecule has 0 bridgehead atoms. The molecule has 0 aromatic heterocycles. The fourth-order valence-corrected chi connectivity index (χ4v) is 3.61. The van der Waals surface area contributed by atoms with Crippen molar-refractivity contribution in [3.8, 4) is 0 Å². The first-order chi connectivity index (χ1) is 14.3. The zero-order valence-corrected chi connectivity index (χ0v) is 17.3. The van der Waals surface area contributed by atoms with Crippen molar-refractivity contribution in [1.82, 2.24) is 9.80 Å². The number of nitrogens with one attached hydrogen (secondary N) is 2. The molecule has 4 N–H and O–H groups in total. The van der Waals surface area contributed by atoms with E-state index in [4.69, 9.17) is 5.14 Å². The van der Waals surface area contributed by atoms with Gasteiger partial charge in [-0.2, -0.15) is 0 Å². The van der Waals surface area contributed by atoms with E-state index in [9.17, 15) is 18.0 Å². The van der Waals surface area contributed by atoms with E-state index in [0.29, 0.717) is 49.7 Å². The number of amides is 3. The average molecular weight is 432 g/mol. The summed E-state index contributed by atoms with van der Waals surface area (Å²) < 4.78 is 22.2. The minimum absolute atomic E-state index is 0.0965. The maximum absolute atomic E-state index is 12.5. The highest BCUT2D eigenvalue weighted by atomic mass is 32.2. The van der Waals surface area contributed by atoms with Crippen molar-refractivity contribution in [3.63, 3.8) is 0 Å². The smallest absolute Gasteiger partial charge is 0.321 e. The minimum atomic E-state index is -3.49. The molecule has 1 aliphatic heterocycles. The first-order valence-electron chi connectivity index (χ1n) is 9.55. The van der Waals surface area contributed by atoms with Crippen molar-refractivity contribution in [3.05, 3.63) is 60.2 Å². The van der Waals surface area contributed by atoms with Crippen LogP contribution in [0.2, 0.25) is 0 Å². The Hall–Kier alpha value is -2.95. The molecule has 2 aromatic rings. The Kier molecular flexibility index (Phi) is 7.03. The summed E-state index contributed by atoms with van der Waals surface area (Å²) in [6.07, 6.45) is 0. The monoisotopic (exact) mass is 431 g/mol. The number of hydrogen-bond acceptors (Lipinski definition) is 5. The van der Waals surface area contributed by atoms with Crippen LogP contribution in [0.1, 0.15) is 10.4 Å². The number of anilines is 2. The van der Waals surface area contributed by atoms with Crippen molar-refractivity contribution in [1.29, 1.82) is 0 Å². The van der Waals surface area contributed by atoms with Crippen LogP contribution in [0.4, 0.5) is 16.2 Å². The minimum Gasteiger partial charge on any atom is -0.322 e. The van der Waals surface area contributed by atoms with Crippen LogP contribution in [0.5, 0.6) is 0 Å². The maximum atomic E-state index is 12.5. The van der Waals surface area contributed by atoms with Gasteiger partial charge in [0.05, 0.1) is 5.75 Å².